The predicted octanol–water partition coefficient (Wildman–Crippen LogP) is 2.76. The standard InChI is InChI=1S/C24H28N2O7S/c1-32-24(29)19-6-5-7-20(16-19)25-22(27)17-33-23(28)13-10-18-8-11-21(12-9-18)34(30,31)26-14-3-2-4-15-26/h5-9,11-12,16H,2-4,10,13-15,17H2,1H3,(H,25,27). The van der Waals surface area contributed by atoms with Crippen LogP contribution in [-0.2, 0) is 35.5 Å². The quantitative estimate of drug-likeness (QED) is 0.539. The van der Waals surface area contributed by atoms with E-state index >= 15 is 0 Å². The Hall–Kier alpha value is -3.24. The maximum absolute atomic E-state index is 12.7. The fraction of sp³-hybridized carbons (Fsp3) is 0.375. The maximum Gasteiger partial charge on any atom is 0.337 e. The number of piperidine rings is 1. The number of amides is 1. The van der Waals surface area contributed by atoms with E-state index in [1.807, 2.05) is 0 Å². The molecule has 1 aliphatic heterocycles. The van der Waals surface area contributed by atoms with Crippen molar-refractivity contribution in [1.82, 2.24) is 4.31 Å². The molecule has 1 fully saturated rings. The summed E-state index contributed by atoms with van der Waals surface area (Å²) >= 11 is 0. The van der Waals surface area contributed by atoms with Crippen molar-refractivity contribution < 1.29 is 32.3 Å². The Morgan fingerprint density at radius 2 is 1.71 bits per heavy atom. The Bertz CT molecular complexity index is 1120. The van der Waals surface area contributed by atoms with E-state index in [0.717, 1.165) is 24.8 Å². The van der Waals surface area contributed by atoms with Crippen molar-refractivity contribution in [2.24, 2.45) is 0 Å². The van der Waals surface area contributed by atoms with Crippen molar-refractivity contribution >= 4 is 33.6 Å². The van der Waals surface area contributed by atoms with Gasteiger partial charge in [-0.05, 0) is 55.2 Å². The van der Waals surface area contributed by atoms with Gasteiger partial charge in [0, 0.05) is 25.2 Å². The lowest BCUT2D eigenvalue weighted by Crippen LogP contribution is -2.35. The van der Waals surface area contributed by atoms with Crippen molar-refractivity contribution in [3.8, 4) is 0 Å². The van der Waals surface area contributed by atoms with Crippen molar-refractivity contribution in [2.75, 3.05) is 32.1 Å². The SMILES string of the molecule is COC(=O)c1cccc(NC(=O)COC(=O)CCc2ccc(S(=O)(=O)N3CCCCC3)cc2)c1. The molecular weight excluding hydrogens is 460 g/mol. The number of methoxy groups -OCH3 is 1. The van der Waals surface area contributed by atoms with Gasteiger partial charge in [0.25, 0.3) is 5.91 Å². The summed E-state index contributed by atoms with van der Waals surface area (Å²) in [5.74, 6) is -1.62. The molecule has 1 amide bonds. The molecule has 0 atom stereocenters. The van der Waals surface area contributed by atoms with Crippen LogP contribution < -0.4 is 5.32 Å². The average Bonchev–Trinajstić information content (AvgIpc) is 2.86. The number of sulfonamides is 1. The van der Waals surface area contributed by atoms with Crippen LogP contribution in [0.15, 0.2) is 53.4 Å². The van der Waals surface area contributed by atoms with Crippen LogP contribution in [0, 0.1) is 0 Å². The second-order valence-corrected chi connectivity index (χ2v) is 9.83. The number of nitrogens with zero attached hydrogens (tertiary/aromatic N) is 1. The molecule has 2 aromatic carbocycles. The topological polar surface area (TPSA) is 119 Å². The molecule has 182 valence electrons. The molecule has 1 heterocycles. The first-order valence-electron chi connectivity index (χ1n) is 11.0. The third-order valence-corrected chi connectivity index (χ3v) is 7.34. The van der Waals surface area contributed by atoms with Crippen molar-refractivity contribution in [3.05, 3.63) is 59.7 Å². The zero-order chi connectivity index (χ0) is 24.6. The van der Waals surface area contributed by atoms with Gasteiger partial charge in [-0.3, -0.25) is 9.59 Å². The second-order valence-electron chi connectivity index (χ2n) is 7.89. The molecule has 9 nitrogen and oxygen atoms in total. The third-order valence-electron chi connectivity index (χ3n) is 5.43. The summed E-state index contributed by atoms with van der Waals surface area (Å²) in [6.07, 6.45) is 3.19. The first-order valence-corrected chi connectivity index (χ1v) is 12.5. The number of rotatable bonds is 9. The van der Waals surface area contributed by atoms with E-state index in [1.54, 1.807) is 42.5 Å². The fourth-order valence-corrected chi connectivity index (χ4v) is 5.10. The van der Waals surface area contributed by atoms with E-state index in [1.165, 1.54) is 17.5 Å². The van der Waals surface area contributed by atoms with Crippen LogP contribution in [-0.4, -0.2) is 57.4 Å². The maximum atomic E-state index is 12.7. The summed E-state index contributed by atoms with van der Waals surface area (Å²) in [7, 11) is -2.23. The molecule has 10 heteroatoms. The van der Waals surface area contributed by atoms with Gasteiger partial charge in [-0.2, -0.15) is 4.31 Å². The Balaban J connectivity index is 1.44. The highest BCUT2D eigenvalue weighted by atomic mass is 32.2. The number of ether oxygens (including phenoxy) is 2. The van der Waals surface area contributed by atoms with E-state index in [0.29, 0.717) is 25.2 Å². The molecular formula is C24H28N2O7S. The highest BCUT2D eigenvalue weighted by molar-refractivity contribution is 7.89. The Labute approximate surface area is 199 Å². The molecule has 3 rings (SSSR count). The molecule has 2 aromatic rings. The average molecular weight is 489 g/mol. The molecule has 0 aliphatic carbocycles. The summed E-state index contributed by atoms with van der Waals surface area (Å²) in [6.45, 7) is 0.620. The molecule has 1 N–H and O–H groups in total. The number of hydrogen-bond acceptors (Lipinski definition) is 7. The van der Waals surface area contributed by atoms with Gasteiger partial charge < -0.3 is 14.8 Å². The normalized spacial score (nSPS) is 14.3. The molecule has 0 radical (unpaired) electrons. The van der Waals surface area contributed by atoms with Crippen LogP contribution in [0.4, 0.5) is 5.69 Å². The molecule has 0 bridgehead atoms. The van der Waals surface area contributed by atoms with E-state index in [-0.39, 0.29) is 16.9 Å². The van der Waals surface area contributed by atoms with Crippen molar-refractivity contribution in [3.63, 3.8) is 0 Å². The zero-order valence-electron chi connectivity index (χ0n) is 19.0. The lowest BCUT2D eigenvalue weighted by molar-refractivity contribution is -0.147. The van der Waals surface area contributed by atoms with Crippen LogP contribution in [0.3, 0.4) is 0 Å². The molecule has 34 heavy (non-hydrogen) atoms. The Morgan fingerprint density at radius 3 is 2.38 bits per heavy atom. The minimum absolute atomic E-state index is 0.0450. The summed E-state index contributed by atoms with van der Waals surface area (Å²) in [4.78, 5) is 35.9. The number of nitrogens with one attached hydrogen (secondary N) is 1. The molecule has 1 saturated heterocycles. The van der Waals surface area contributed by atoms with E-state index in [2.05, 4.69) is 10.1 Å². The number of anilines is 1. The van der Waals surface area contributed by atoms with Crippen LogP contribution in [0.5, 0.6) is 0 Å². The molecule has 0 saturated carbocycles. The van der Waals surface area contributed by atoms with Crippen LogP contribution in [0.1, 0.15) is 41.6 Å². The summed E-state index contributed by atoms with van der Waals surface area (Å²) in [6, 6.07) is 12.7. The Morgan fingerprint density at radius 1 is 1.00 bits per heavy atom. The summed E-state index contributed by atoms with van der Waals surface area (Å²) < 4.78 is 36.6. The smallest absolute Gasteiger partial charge is 0.337 e. The number of benzene rings is 2. The molecule has 0 unspecified atom stereocenters. The van der Waals surface area contributed by atoms with Gasteiger partial charge >= 0.3 is 11.9 Å². The predicted molar refractivity (Wildman–Crippen MR) is 125 cm³/mol. The van der Waals surface area contributed by atoms with E-state index < -0.39 is 34.5 Å². The number of carbonyl (C=O) groups is 3. The monoisotopic (exact) mass is 488 g/mol. The Kier molecular flexibility index (Phi) is 8.78. The number of esters is 2. The van der Waals surface area contributed by atoms with E-state index in [9.17, 15) is 22.8 Å². The fourth-order valence-electron chi connectivity index (χ4n) is 3.59. The highest BCUT2D eigenvalue weighted by Crippen LogP contribution is 2.21. The first kappa shape index (κ1) is 25.4. The second kappa shape index (κ2) is 11.8. The highest BCUT2D eigenvalue weighted by Gasteiger charge is 2.25. The minimum Gasteiger partial charge on any atom is -0.465 e. The molecule has 0 spiro atoms. The number of hydrogen-bond donors (Lipinski definition) is 1. The zero-order valence-corrected chi connectivity index (χ0v) is 19.8. The summed E-state index contributed by atoms with van der Waals surface area (Å²) in [5, 5.41) is 2.55. The lowest BCUT2D eigenvalue weighted by Gasteiger charge is -2.25. The third kappa shape index (κ3) is 6.88. The van der Waals surface area contributed by atoms with E-state index in [4.69, 9.17) is 4.74 Å². The van der Waals surface area contributed by atoms with Gasteiger partial charge in [-0.1, -0.05) is 24.6 Å². The van der Waals surface area contributed by atoms with Gasteiger partial charge in [0.15, 0.2) is 6.61 Å². The lowest BCUT2D eigenvalue weighted by atomic mass is 10.1. The number of carbonyl (C=O) groups excluding carboxylic acids is 3. The van der Waals surface area contributed by atoms with Crippen LogP contribution in [0.25, 0.3) is 0 Å². The van der Waals surface area contributed by atoms with Gasteiger partial charge in [-0.25, -0.2) is 13.2 Å². The van der Waals surface area contributed by atoms with Gasteiger partial charge in [0.05, 0.1) is 17.6 Å². The largest absolute Gasteiger partial charge is 0.465 e. The van der Waals surface area contributed by atoms with Crippen molar-refractivity contribution in [2.45, 2.75) is 37.0 Å². The number of aryl methyl sites for hydroxylation is 1. The van der Waals surface area contributed by atoms with Crippen LogP contribution in [0.2, 0.25) is 0 Å². The summed E-state index contributed by atoms with van der Waals surface area (Å²) in [5.41, 5.74) is 1.45. The minimum atomic E-state index is -3.49. The van der Waals surface area contributed by atoms with Gasteiger partial charge in [0.2, 0.25) is 10.0 Å². The van der Waals surface area contributed by atoms with Gasteiger partial charge in [-0.15, -0.1) is 0 Å². The van der Waals surface area contributed by atoms with Crippen LogP contribution >= 0.6 is 0 Å². The molecule has 1 aliphatic rings. The van der Waals surface area contributed by atoms with Crippen molar-refractivity contribution in [1.29, 1.82) is 0 Å². The first-order chi connectivity index (χ1) is 16.3. The van der Waals surface area contributed by atoms with Gasteiger partial charge in [0.1, 0.15) is 0 Å². The molecule has 0 aromatic heterocycles.